The first-order valence-electron chi connectivity index (χ1n) is 4.27. The predicted molar refractivity (Wildman–Crippen MR) is 48.1 cm³/mol. The minimum Gasteiger partial charge on any atom is -0.306 e. The lowest BCUT2D eigenvalue weighted by Gasteiger charge is -2.16. The monoisotopic (exact) mass is 217 g/mol. The lowest BCUT2D eigenvalue weighted by Crippen LogP contribution is -2.25. The van der Waals surface area contributed by atoms with Crippen LogP contribution in [0.5, 0.6) is 0 Å². The summed E-state index contributed by atoms with van der Waals surface area (Å²) in [5.41, 5.74) is 0. The minimum absolute atomic E-state index is 0.0752. The highest BCUT2D eigenvalue weighted by molar-refractivity contribution is 6.17. The fourth-order valence-corrected chi connectivity index (χ4v) is 1.09. The largest absolute Gasteiger partial charge is 0.390 e. The Labute approximate surface area is 81.9 Å². The lowest BCUT2D eigenvalue weighted by molar-refractivity contribution is -0.137. The number of rotatable bonds is 6. The van der Waals surface area contributed by atoms with Gasteiger partial charge in [-0.1, -0.05) is 0 Å². The van der Waals surface area contributed by atoms with Gasteiger partial charge in [-0.15, -0.1) is 11.6 Å². The minimum atomic E-state index is -4.04. The third-order valence-electron chi connectivity index (χ3n) is 1.70. The van der Waals surface area contributed by atoms with E-state index in [-0.39, 0.29) is 6.54 Å². The summed E-state index contributed by atoms with van der Waals surface area (Å²) < 4.78 is 35.3. The zero-order valence-electron chi connectivity index (χ0n) is 7.70. The summed E-state index contributed by atoms with van der Waals surface area (Å²) in [6.45, 7) is 0.759. The van der Waals surface area contributed by atoms with Gasteiger partial charge in [0.15, 0.2) is 0 Å². The summed E-state index contributed by atoms with van der Waals surface area (Å²) in [4.78, 5) is 1.68. The highest BCUT2D eigenvalue weighted by Crippen LogP contribution is 2.19. The van der Waals surface area contributed by atoms with Crippen LogP contribution < -0.4 is 0 Å². The Kier molecular flexibility index (Phi) is 6.51. The molecule has 0 aliphatic rings. The van der Waals surface area contributed by atoms with E-state index in [0.717, 1.165) is 12.8 Å². The molecule has 80 valence electrons. The van der Waals surface area contributed by atoms with Crippen LogP contribution in [0.4, 0.5) is 13.2 Å². The first-order valence-corrected chi connectivity index (χ1v) is 4.80. The average Bonchev–Trinajstić information content (AvgIpc) is 2.00. The molecule has 0 radical (unpaired) electrons. The Morgan fingerprint density at radius 1 is 1.15 bits per heavy atom. The van der Waals surface area contributed by atoms with Crippen LogP contribution in [0.15, 0.2) is 0 Å². The molecule has 0 aliphatic carbocycles. The van der Waals surface area contributed by atoms with Crippen LogP contribution in [0, 0.1) is 0 Å². The molecule has 0 unspecified atom stereocenters. The van der Waals surface area contributed by atoms with E-state index >= 15 is 0 Å². The third-order valence-corrected chi connectivity index (χ3v) is 1.97. The van der Waals surface area contributed by atoms with Gasteiger partial charge < -0.3 is 4.90 Å². The maximum atomic E-state index is 11.8. The van der Waals surface area contributed by atoms with Crippen molar-refractivity contribution in [2.75, 3.05) is 26.0 Å². The molecular weight excluding hydrogens is 203 g/mol. The number of halogens is 4. The molecule has 1 nitrogen and oxygen atoms in total. The zero-order valence-corrected chi connectivity index (χ0v) is 8.46. The van der Waals surface area contributed by atoms with Crippen LogP contribution >= 0.6 is 11.6 Å². The lowest BCUT2D eigenvalue weighted by atomic mass is 10.3. The van der Waals surface area contributed by atoms with Gasteiger partial charge in [0, 0.05) is 12.4 Å². The van der Waals surface area contributed by atoms with E-state index < -0.39 is 12.6 Å². The summed E-state index contributed by atoms with van der Waals surface area (Å²) in [6, 6.07) is 0. The summed E-state index contributed by atoms with van der Waals surface area (Å²) in [5, 5.41) is 0. The van der Waals surface area contributed by atoms with Crippen LogP contribution in [-0.2, 0) is 0 Å². The number of alkyl halides is 4. The molecule has 0 rings (SSSR count). The van der Waals surface area contributed by atoms with Crippen LogP contribution in [0.3, 0.4) is 0 Å². The average molecular weight is 218 g/mol. The van der Waals surface area contributed by atoms with Gasteiger partial charge in [-0.3, -0.25) is 0 Å². The normalized spacial score (nSPS) is 12.5. The Morgan fingerprint density at radius 3 is 2.23 bits per heavy atom. The molecule has 0 fully saturated rings. The highest BCUT2D eigenvalue weighted by atomic mass is 35.5. The number of nitrogens with zero attached hydrogens (tertiary/aromatic N) is 1. The number of hydrogen-bond acceptors (Lipinski definition) is 1. The molecule has 0 aromatic heterocycles. The van der Waals surface area contributed by atoms with Crippen LogP contribution in [-0.4, -0.2) is 37.1 Å². The van der Waals surface area contributed by atoms with Crippen LogP contribution in [0.2, 0.25) is 0 Å². The Balaban J connectivity index is 3.35. The van der Waals surface area contributed by atoms with Gasteiger partial charge in [0.1, 0.15) is 0 Å². The first-order chi connectivity index (χ1) is 5.95. The second-order valence-corrected chi connectivity index (χ2v) is 3.44. The van der Waals surface area contributed by atoms with Crippen LogP contribution in [0.1, 0.15) is 19.3 Å². The van der Waals surface area contributed by atoms with Crippen molar-refractivity contribution in [2.45, 2.75) is 25.4 Å². The summed E-state index contributed by atoms with van der Waals surface area (Å²) in [6.07, 6.45) is -3.05. The van der Waals surface area contributed by atoms with E-state index in [9.17, 15) is 13.2 Å². The smallest absolute Gasteiger partial charge is 0.306 e. The van der Waals surface area contributed by atoms with Gasteiger partial charge in [0.2, 0.25) is 0 Å². The number of hydrogen-bond donors (Lipinski definition) is 0. The Bertz CT molecular complexity index is 127. The molecule has 0 amide bonds. The fourth-order valence-electron chi connectivity index (χ4n) is 0.906. The van der Waals surface area contributed by atoms with Crippen molar-refractivity contribution in [1.29, 1.82) is 0 Å². The molecule has 0 N–H and O–H groups in total. The Hall–Kier alpha value is 0.0400. The van der Waals surface area contributed by atoms with Gasteiger partial charge >= 0.3 is 6.18 Å². The summed E-state index contributed by atoms with van der Waals surface area (Å²) in [7, 11) is 1.69. The van der Waals surface area contributed by atoms with Gasteiger partial charge in [-0.25, -0.2) is 0 Å². The van der Waals surface area contributed by atoms with Crippen molar-refractivity contribution < 1.29 is 13.2 Å². The van der Waals surface area contributed by atoms with E-state index in [4.69, 9.17) is 11.6 Å². The maximum absolute atomic E-state index is 11.8. The van der Waals surface area contributed by atoms with Gasteiger partial charge in [-0.05, 0) is 26.4 Å². The van der Waals surface area contributed by atoms with Crippen molar-refractivity contribution in [3.05, 3.63) is 0 Å². The molecule has 0 atom stereocenters. The van der Waals surface area contributed by atoms with Gasteiger partial charge in [0.05, 0.1) is 6.42 Å². The fraction of sp³-hybridized carbons (Fsp3) is 1.00. The summed E-state index contributed by atoms with van der Waals surface area (Å²) in [5.74, 6) is 0.576. The first kappa shape index (κ1) is 13.0. The van der Waals surface area contributed by atoms with Gasteiger partial charge in [-0.2, -0.15) is 13.2 Å². The molecule has 0 bridgehead atoms. The third kappa shape index (κ3) is 9.96. The van der Waals surface area contributed by atoms with E-state index in [1.807, 2.05) is 0 Å². The second-order valence-electron chi connectivity index (χ2n) is 3.06. The molecule has 0 saturated heterocycles. The molecule has 13 heavy (non-hydrogen) atoms. The van der Waals surface area contributed by atoms with Crippen molar-refractivity contribution in [2.24, 2.45) is 0 Å². The van der Waals surface area contributed by atoms with Crippen molar-refractivity contribution in [1.82, 2.24) is 4.90 Å². The van der Waals surface area contributed by atoms with Crippen molar-refractivity contribution >= 4 is 11.6 Å². The van der Waals surface area contributed by atoms with E-state index in [1.165, 1.54) is 0 Å². The van der Waals surface area contributed by atoms with E-state index in [2.05, 4.69) is 0 Å². The molecule has 0 saturated carbocycles. The maximum Gasteiger partial charge on any atom is 0.390 e. The van der Waals surface area contributed by atoms with Gasteiger partial charge in [0.25, 0.3) is 0 Å². The standard InChI is InChI=1S/C8H15ClF3N/c1-13(6-3-2-5-9)7-4-8(10,11)12/h2-7H2,1H3. The van der Waals surface area contributed by atoms with E-state index in [0.29, 0.717) is 12.4 Å². The van der Waals surface area contributed by atoms with Crippen molar-refractivity contribution in [3.8, 4) is 0 Å². The van der Waals surface area contributed by atoms with Crippen molar-refractivity contribution in [3.63, 3.8) is 0 Å². The van der Waals surface area contributed by atoms with Crippen LogP contribution in [0.25, 0.3) is 0 Å². The molecule has 0 aliphatic heterocycles. The summed E-state index contributed by atoms with van der Waals surface area (Å²) >= 11 is 5.44. The molecule has 0 spiro atoms. The quantitative estimate of drug-likeness (QED) is 0.489. The zero-order chi connectivity index (χ0) is 10.3. The topological polar surface area (TPSA) is 3.24 Å². The predicted octanol–water partition coefficient (Wildman–Crippen LogP) is 2.89. The number of unbranched alkanes of at least 4 members (excludes halogenated alkanes) is 1. The molecule has 0 aromatic carbocycles. The molecule has 5 heteroatoms. The molecule has 0 heterocycles. The highest BCUT2D eigenvalue weighted by Gasteiger charge is 2.26. The SMILES string of the molecule is CN(CCCCCl)CCC(F)(F)F. The Morgan fingerprint density at radius 2 is 1.77 bits per heavy atom. The molecule has 0 aromatic rings. The second kappa shape index (κ2) is 6.49. The molecular formula is C8H15ClF3N. The van der Waals surface area contributed by atoms with E-state index in [1.54, 1.807) is 11.9 Å².